The molecule has 0 spiro atoms. The zero-order valence-electron chi connectivity index (χ0n) is 5.97. The molecule has 0 atom stereocenters. The van der Waals surface area contributed by atoms with Crippen LogP contribution in [0.3, 0.4) is 0 Å². The first kappa shape index (κ1) is 9.43. The molecule has 0 unspecified atom stereocenters. The second kappa shape index (κ2) is 6.55. The zero-order chi connectivity index (χ0) is 7.82. The Kier molecular flexibility index (Phi) is 6.18. The number of rotatable bonds is 5. The van der Waals surface area contributed by atoms with Crippen molar-refractivity contribution in [2.75, 3.05) is 13.2 Å². The summed E-state index contributed by atoms with van der Waals surface area (Å²) in [7, 11) is 0. The van der Waals surface area contributed by atoms with Gasteiger partial charge in [-0.1, -0.05) is 0 Å². The molecule has 1 amide bonds. The van der Waals surface area contributed by atoms with Crippen molar-refractivity contribution in [2.45, 2.75) is 19.3 Å². The van der Waals surface area contributed by atoms with Crippen molar-refractivity contribution >= 4 is 5.91 Å². The fourth-order valence-electron chi connectivity index (χ4n) is 0.546. The van der Waals surface area contributed by atoms with Crippen LogP contribution < -0.4 is 5.32 Å². The van der Waals surface area contributed by atoms with Gasteiger partial charge in [0.2, 0.25) is 5.91 Å². The predicted molar refractivity (Wildman–Crippen MR) is 38.2 cm³/mol. The molecule has 2 N–H and O–H groups in total. The molecule has 0 bridgehead atoms. The summed E-state index contributed by atoms with van der Waals surface area (Å²) >= 11 is 0. The molecule has 2 radical (unpaired) electrons. The highest BCUT2D eigenvalue weighted by molar-refractivity contribution is 5.75. The highest BCUT2D eigenvalue weighted by Gasteiger charge is 1.96. The van der Waals surface area contributed by atoms with Crippen LogP contribution in [-0.2, 0) is 4.79 Å². The van der Waals surface area contributed by atoms with Gasteiger partial charge in [0.15, 0.2) is 0 Å². The first-order chi connectivity index (χ1) is 4.81. The maximum absolute atomic E-state index is 10.7. The normalized spacial score (nSPS) is 9.40. The molecule has 10 heavy (non-hydrogen) atoms. The number of hydrogen-bond acceptors (Lipinski definition) is 2. The Morgan fingerprint density at radius 2 is 2.30 bits per heavy atom. The maximum Gasteiger partial charge on any atom is 0.220 e. The number of amides is 1. The second-order valence-electron chi connectivity index (χ2n) is 1.97. The largest absolute Gasteiger partial charge is 0.395 e. The Balaban J connectivity index is 3.09. The molecule has 0 fully saturated rings. The van der Waals surface area contributed by atoms with Crippen molar-refractivity contribution < 1.29 is 9.90 Å². The summed E-state index contributed by atoms with van der Waals surface area (Å²) in [6, 6.07) is 0. The van der Waals surface area contributed by atoms with Crippen LogP contribution >= 0.6 is 0 Å². The van der Waals surface area contributed by atoms with Crippen LogP contribution in [0.25, 0.3) is 0 Å². The Hall–Kier alpha value is -0.570. The van der Waals surface area contributed by atoms with E-state index >= 15 is 0 Å². The Bertz CT molecular complexity index is 83.6. The van der Waals surface area contributed by atoms with Crippen LogP contribution in [0, 0.1) is 6.92 Å². The van der Waals surface area contributed by atoms with Crippen molar-refractivity contribution in [1.82, 2.24) is 5.32 Å². The first-order valence-electron chi connectivity index (χ1n) is 3.39. The molecule has 0 aliphatic carbocycles. The van der Waals surface area contributed by atoms with Gasteiger partial charge in [-0.25, -0.2) is 0 Å². The maximum atomic E-state index is 10.7. The summed E-state index contributed by atoms with van der Waals surface area (Å²) < 4.78 is 0. The molecule has 0 aromatic rings. The fraction of sp³-hybridized carbons (Fsp3) is 0.714. The van der Waals surface area contributed by atoms with E-state index in [9.17, 15) is 4.79 Å². The SMILES string of the molecule is [CH]CCCC(=O)NCCO. The summed E-state index contributed by atoms with van der Waals surface area (Å²) in [5.74, 6) is -0.0421. The molecule has 0 saturated carbocycles. The van der Waals surface area contributed by atoms with E-state index in [1.54, 1.807) is 0 Å². The molecule has 0 heterocycles. The average Bonchev–Trinajstić information content (AvgIpc) is 1.97. The van der Waals surface area contributed by atoms with E-state index < -0.39 is 0 Å². The standard InChI is InChI=1S/C7H13NO2/c1-2-3-4-7(10)8-5-6-9/h1,9H,2-6H2,(H,8,10). The van der Waals surface area contributed by atoms with Crippen LogP contribution in [0.15, 0.2) is 0 Å². The molecule has 3 nitrogen and oxygen atoms in total. The van der Waals surface area contributed by atoms with Gasteiger partial charge in [0.25, 0.3) is 0 Å². The molecule has 0 aliphatic heterocycles. The summed E-state index contributed by atoms with van der Waals surface area (Å²) in [6.45, 7) is 5.51. The van der Waals surface area contributed by atoms with Crippen LogP contribution in [0.2, 0.25) is 0 Å². The molecule has 58 valence electrons. The van der Waals surface area contributed by atoms with Gasteiger partial charge in [0.05, 0.1) is 6.61 Å². The number of carbonyl (C=O) groups is 1. The van der Waals surface area contributed by atoms with E-state index in [0.717, 1.165) is 0 Å². The average molecular weight is 143 g/mol. The van der Waals surface area contributed by atoms with Crippen molar-refractivity contribution in [3.63, 3.8) is 0 Å². The minimum Gasteiger partial charge on any atom is -0.395 e. The highest BCUT2D eigenvalue weighted by atomic mass is 16.3. The molecule has 0 saturated heterocycles. The van der Waals surface area contributed by atoms with E-state index in [1.165, 1.54) is 0 Å². The van der Waals surface area contributed by atoms with Gasteiger partial charge in [0, 0.05) is 13.0 Å². The van der Waals surface area contributed by atoms with Crippen molar-refractivity contribution in [2.24, 2.45) is 0 Å². The molecule has 0 rings (SSSR count). The van der Waals surface area contributed by atoms with E-state index in [2.05, 4.69) is 5.32 Å². The van der Waals surface area contributed by atoms with Crippen LogP contribution in [0.1, 0.15) is 19.3 Å². The molecule has 0 aromatic heterocycles. The lowest BCUT2D eigenvalue weighted by Crippen LogP contribution is -2.25. The van der Waals surface area contributed by atoms with E-state index in [0.29, 0.717) is 25.8 Å². The molecule has 0 aliphatic rings. The van der Waals surface area contributed by atoms with E-state index in [1.807, 2.05) is 0 Å². The summed E-state index contributed by atoms with van der Waals surface area (Å²) in [5, 5.41) is 10.8. The van der Waals surface area contributed by atoms with Gasteiger partial charge < -0.3 is 10.4 Å². The van der Waals surface area contributed by atoms with Gasteiger partial charge in [-0.2, -0.15) is 0 Å². The summed E-state index contributed by atoms with van der Waals surface area (Å²) in [5.41, 5.74) is 0. The molecular weight excluding hydrogens is 130 g/mol. The lowest BCUT2D eigenvalue weighted by atomic mass is 10.2. The minimum absolute atomic E-state index is 0.00559. The van der Waals surface area contributed by atoms with Crippen LogP contribution in [0.5, 0.6) is 0 Å². The van der Waals surface area contributed by atoms with Crippen LogP contribution in [-0.4, -0.2) is 24.2 Å². The van der Waals surface area contributed by atoms with Gasteiger partial charge in [-0.05, 0) is 19.8 Å². The topological polar surface area (TPSA) is 49.3 Å². The van der Waals surface area contributed by atoms with Crippen molar-refractivity contribution in [1.29, 1.82) is 0 Å². The molecule has 0 aromatic carbocycles. The third kappa shape index (κ3) is 5.56. The third-order valence-electron chi connectivity index (χ3n) is 1.04. The number of hydrogen-bond donors (Lipinski definition) is 2. The fourth-order valence-corrected chi connectivity index (χ4v) is 0.546. The number of unbranched alkanes of at least 4 members (excludes halogenated alkanes) is 1. The van der Waals surface area contributed by atoms with Crippen LogP contribution in [0.4, 0.5) is 0 Å². The predicted octanol–water partition coefficient (Wildman–Crippen LogP) is -0.0237. The summed E-state index contributed by atoms with van der Waals surface area (Å²) in [4.78, 5) is 10.7. The minimum atomic E-state index is -0.0421. The quantitative estimate of drug-likeness (QED) is 0.568. The molecular formula is C7H13NO2. The number of aliphatic hydroxyl groups is 1. The van der Waals surface area contributed by atoms with E-state index in [4.69, 9.17) is 12.0 Å². The van der Waals surface area contributed by atoms with Crippen molar-refractivity contribution in [3.05, 3.63) is 6.92 Å². The van der Waals surface area contributed by atoms with Gasteiger partial charge in [-0.3, -0.25) is 4.79 Å². The Labute approximate surface area is 61.4 Å². The smallest absolute Gasteiger partial charge is 0.220 e. The highest BCUT2D eigenvalue weighted by Crippen LogP contribution is 1.91. The van der Waals surface area contributed by atoms with Gasteiger partial charge in [-0.15, -0.1) is 0 Å². The molecule has 3 heteroatoms. The first-order valence-corrected chi connectivity index (χ1v) is 3.39. The monoisotopic (exact) mass is 143 g/mol. The second-order valence-corrected chi connectivity index (χ2v) is 1.97. The third-order valence-corrected chi connectivity index (χ3v) is 1.04. The number of carbonyl (C=O) groups excluding carboxylic acids is 1. The lowest BCUT2D eigenvalue weighted by Gasteiger charge is -2.00. The van der Waals surface area contributed by atoms with E-state index in [-0.39, 0.29) is 12.5 Å². The number of aliphatic hydroxyl groups excluding tert-OH is 1. The Morgan fingerprint density at radius 3 is 2.80 bits per heavy atom. The Morgan fingerprint density at radius 1 is 1.60 bits per heavy atom. The summed E-state index contributed by atoms with van der Waals surface area (Å²) in [6.07, 6.45) is 1.69. The lowest BCUT2D eigenvalue weighted by molar-refractivity contribution is -0.121. The number of nitrogens with one attached hydrogen (secondary N) is 1. The zero-order valence-corrected chi connectivity index (χ0v) is 5.97. The van der Waals surface area contributed by atoms with Gasteiger partial charge in [0.1, 0.15) is 0 Å². The van der Waals surface area contributed by atoms with Gasteiger partial charge >= 0.3 is 0 Å². The van der Waals surface area contributed by atoms with Crippen molar-refractivity contribution in [3.8, 4) is 0 Å².